The van der Waals surface area contributed by atoms with Crippen LogP contribution in [0.1, 0.15) is 44.7 Å². The van der Waals surface area contributed by atoms with E-state index in [2.05, 4.69) is 10.6 Å². The molecule has 0 spiro atoms. The van der Waals surface area contributed by atoms with Crippen LogP contribution in [0.3, 0.4) is 0 Å². The van der Waals surface area contributed by atoms with E-state index in [0.29, 0.717) is 55.0 Å². The van der Waals surface area contributed by atoms with Crippen molar-refractivity contribution < 1.29 is 19.2 Å². The molecule has 2 N–H and O–H groups in total. The second kappa shape index (κ2) is 14.3. The van der Waals surface area contributed by atoms with Crippen LogP contribution >= 0.6 is 0 Å². The van der Waals surface area contributed by atoms with E-state index in [-0.39, 0.29) is 36.0 Å². The molecule has 8 heteroatoms. The standard InChI is InChI=1S/C36H36N4O4/c1-39(25-26-10-4-2-5-11-26)35(43)30-15-9-17-32(24-30)37-33(41)23-27-12-8-16-31(22-27)38-34(42)28-18-20-40(21-19-28)36(44)29-13-6-3-7-14-29/h2-17,22,24,28H,18-21,23,25H2,1H3,(H,37,41)(H,38,42). The molecule has 8 nitrogen and oxygen atoms in total. The highest BCUT2D eigenvalue weighted by atomic mass is 16.2. The molecule has 44 heavy (non-hydrogen) atoms. The van der Waals surface area contributed by atoms with Gasteiger partial charge in [0.25, 0.3) is 11.8 Å². The maximum Gasteiger partial charge on any atom is 0.253 e. The Labute approximate surface area is 257 Å². The molecule has 0 unspecified atom stereocenters. The zero-order valence-corrected chi connectivity index (χ0v) is 24.7. The van der Waals surface area contributed by atoms with Crippen LogP contribution in [-0.4, -0.2) is 53.6 Å². The molecule has 0 radical (unpaired) electrons. The van der Waals surface area contributed by atoms with Crippen LogP contribution in [0.2, 0.25) is 0 Å². The lowest BCUT2D eigenvalue weighted by molar-refractivity contribution is -0.121. The van der Waals surface area contributed by atoms with E-state index < -0.39 is 0 Å². The molecule has 0 aliphatic carbocycles. The molecular weight excluding hydrogens is 552 g/mol. The van der Waals surface area contributed by atoms with E-state index in [1.807, 2.05) is 54.6 Å². The smallest absolute Gasteiger partial charge is 0.253 e. The van der Waals surface area contributed by atoms with Gasteiger partial charge in [0.15, 0.2) is 0 Å². The van der Waals surface area contributed by atoms with Gasteiger partial charge in [0.1, 0.15) is 0 Å². The average Bonchev–Trinajstić information content (AvgIpc) is 3.05. The van der Waals surface area contributed by atoms with Gasteiger partial charge in [0.2, 0.25) is 11.8 Å². The maximum absolute atomic E-state index is 13.0. The molecule has 4 aromatic rings. The first-order valence-electron chi connectivity index (χ1n) is 14.8. The van der Waals surface area contributed by atoms with Crippen LogP contribution < -0.4 is 10.6 Å². The Kier molecular flexibility index (Phi) is 9.81. The number of anilines is 2. The third-order valence-corrected chi connectivity index (χ3v) is 7.74. The highest BCUT2D eigenvalue weighted by Gasteiger charge is 2.28. The van der Waals surface area contributed by atoms with E-state index in [1.54, 1.807) is 71.4 Å². The summed E-state index contributed by atoms with van der Waals surface area (Å²) >= 11 is 0. The minimum Gasteiger partial charge on any atom is -0.339 e. The number of rotatable bonds is 9. The molecule has 0 atom stereocenters. The van der Waals surface area contributed by atoms with Crippen molar-refractivity contribution in [3.63, 3.8) is 0 Å². The number of piperidine rings is 1. The fourth-order valence-electron chi connectivity index (χ4n) is 5.38. The first kappa shape index (κ1) is 30.2. The van der Waals surface area contributed by atoms with Gasteiger partial charge in [-0.25, -0.2) is 0 Å². The topological polar surface area (TPSA) is 98.8 Å². The Bertz CT molecular complexity index is 1620. The van der Waals surface area contributed by atoms with Crippen molar-refractivity contribution in [1.82, 2.24) is 9.80 Å². The Morgan fingerprint density at radius 2 is 1.30 bits per heavy atom. The summed E-state index contributed by atoms with van der Waals surface area (Å²) in [7, 11) is 1.75. The van der Waals surface area contributed by atoms with Crippen LogP contribution in [0, 0.1) is 5.92 Å². The van der Waals surface area contributed by atoms with E-state index in [0.717, 1.165) is 11.1 Å². The second-order valence-corrected chi connectivity index (χ2v) is 11.1. The first-order chi connectivity index (χ1) is 21.4. The third-order valence-electron chi connectivity index (χ3n) is 7.74. The van der Waals surface area contributed by atoms with Gasteiger partial charge in [-0.15, -0.1) is 0 Å². The summed E-state index contributed by atoms with van der Waals surface area (Å²) < 4.78 is 0. The zero-order valence-electron chi connectivity index (χ0n) is 24.7. The van der Waals surface area contributed by atoms with Gasteiger partial charge >= 0.3 is 0 Å². The molecule has 224 valence electrons. The van der Waals surface area contributed by atoms with Crippen LogP contribution in [0.5, 0.6) is 0 Å². The normalized spacial score (nSPS) is 13.2. The molecule has 0 bridgehead atoms. The van der Waals surface area contributed by atoms with Crippen molar-refractivity contribution in [2.45, 2.75) is 25.8 Å². The summed E-state index contributed by atoms with van der Waals surface area (Å²) in [5.41, 5.74) is 4.09. The SMILES string of the molecule is CN(Cc1ccccc1)C(=O)c1cccc(NC(=O)Cc2cccc(NC(=O)C3CCN(C(=O)c4ccccc4)CC3)c2)c1. The summed E-state index contributed by atoms with van der Waals surface area (Å²) in [6.07, 6.45) is 1.29. The summed E-state index contributed by atoms with van der Waals surface area (Å²) in [6.45, 7) is 1.54. The Balaban J connectivity index is 1.11. The maximum atomic E-state index is 13.0. The predicted molar refractivity (Wildman–Crippen MR) is 171 cm³/mol. The fourth-order valence-corrected chi connectivity index (χ4v) is 5.38. The van der Waals surface area contributed by atoms with Gasteiger partial charge in [0, 0.05) is 55.1 Å². The highest BCUT2D eigenvalue weighted by Crippen LogP contribution is 2.22. The van der Waals surface area contributed by atoms with E-state index in [4.69, 9.17) is 0 Å². The monoisotopic (exact) mass is 588 g/mol. The molecule has 4 amide bonds. The van der Waals surface area contributed by atoms with Crippen LogP contribution in [0.4, 0.5) is 11.4 Å². The van der Waals surface area contributed by atoms with Crippen molar-refractivity contribution in [3.05, 3.63) is 131 Å². The van der Waals surface area contributed by atoms with Crippen LogP contribution in [0.15, 0.2) is 109 Å². The lowest BCUT2D eigenvalue weighted by Crippen LogP contribution is -2.41. The second-order valence-electron chi connectivity index (χ2n) is 11.1. The van der Waals surface area contributed by atoms with Gasteiger partial charge in [0.05, 0.1) is 6.42 Å². The number of nitrogens with one attached hydrogen (secondary N) is 2. The largest absolute Gasteiger partial charge is 0.339 e. The van der Waals surface area contributed by atoms with Crippen molar-refractivity contribution in [3.8, 4) is 0 Å². The molecule has 0 aromatic heterocycles. The Morgan fingerprint density at radius 3 is 2.00 bits per heavy atom. The lowest BCUT2D eigenvalue weighted by atomic mass is 9.95. The van der Waals surface area contributed by atoms with Crippen molar-refractivity contribution in [2.24, 2.45) is 5.92 Å². The average molecular weight is 589 g/mol. The van der Waals surface area contributed by atoms with Crippen LogP contribution in [-0.2, 0) is 22.6 Å². The number of nitrogens with zero attached hydrogens (tertiary/aromatic N) is 2. The minimum absolute atomic E-state index is 0.0100. The van der Waals surface area contributed by atoms with Gasteiger partial charge in [-0.05, 0) is 66.4 Å². The number of carbonyl (C=O) groups is 4. The fraction of sp³-hybridized carbons (Fsp3) is 0.222. The summed E-state index contributed by atoms with van der Waals surface area (Å²) in [5, 5.41) is 5.86. The van der Waals surface area contributed by atoms with Gasteiger partial charge < -0.3 is 20.4 Å². The Hall–Kier alpha value is -5.24. The molecule has 1 aliphatic rings. The first-order valence-corrected chi connectivity index (χ1v) is 14.8. The van der Waals surface area contributed by atoms with E-state index in [1.165, 1.54) is 0 Å². The lowest BCUT2D eigenvalue weighted by Gasteiger charge is -2.31. The number of amides is 4. The number of carbonyl (C=O) groups excluding carboxylic acids is 4. The van der Waals surface area contributed by atoms with E-state index >= 15 is 0 Å². The summed E-state index contributed by atoms with van der Waals surface area (Å²) in [6, 6.07) is 33.1. The van der Waals surface area contributed by atoms with Crippen molar-refractivity contribution in [2.75, 3.05) is 30.8 Å². The Morgan fingerprint density at radius 1 is 0.705 bits per heavy atom. The zero-order chi connectivity index (χ0) is 30.9. The number of likely N-dealkylation sites (tertiary alicyclic amines) is 1. The number of benzene rings is 4. The summed E-state index contributed by atoms with van der Waals surface area (Å²) in [5.74, 6) is -0.655. The summed E-state index contributed by atoms with van der Waals surface area (Å²) in [4.78, 5) is 55.0. The van der Waals surface area contributed by atoms with Gasteiger partial charge in [-0.1, -0.05) is 66.7 Å². The molecule has 5 rings (SSSR count). The predicted octanol–water partition coefficient (Wildman–Crippen LogP) is 5.63. The number of hydrogen-bond acceptors (Lipinski definition) is 4. The minimum atomic E-state index is -0.230. The molecule has 1 saturated heterocycles. The number of hydrogen-bond donors (Lipinski definition) is 2. The highest BCUT2D eigenvalue weighted by molar-refractivity contribution is 5.98. The third kappa shape index (κ3) is 7.98. The molecule has 1 heterocycles. The van der Waals surface area contributed by atoms with Gasteiger partial charge in [-0.3, -0.25) is 19.2 Å². The molecule has 0 saturated carbocycles. The molecule has 4 aromatic carbocycles. The van der Waals surface area contributed by atoms with Gasteiger partial charge in [-0.2, -0.15) is 0 Å². The quantitative estimate of drug-likeness (QED) is 0.265. The van der Waals surface area contributed by atoms with Crippen molar-refractivity contribution in [1.29, 1.82) is 0 Å². The molecular formula is C36H36N4O4. The van der Waals surface area contributed by atoms with Crippen LogP contribution in [0.25, 0.3) is 0 Å². The molecule has 1 aliphatic heterocycles. The van der Waals surface area contributed by atoms with Crippen molar-refractivity contribution >= 4 is 35.0 Å². The van der Waals surface area contributed by atoms with E-state index in [9.17, 15) is 19.2 Å². The molecule has 1 fully saturated rings.